The monoisotopic (exact) mass is 339 g/mol. The summed E-state index contributed by atoms with van der Waals surface area (Å²) in [5.74, 6) is -0.622. The summed E-state index contributed by atoms with van der Waals surface area (Å²) in [5.41, 5.74) is 3.65. The fourth-order valence-electron chi connectivity index (χ4n) is 2.78. The first-order valence-electron chi connectivity index (χ1n) is 7.45. The van der Waals surface area contributed by atoms with Gasteiger partial charge in [0.15, 0.2) is 0 Å². The molecule has 0 aliphatic carbocycles. The van der Waals surface area contributed by atoms with Gasteiger partial charge in [-0.05, 0) is 31.4 Å². The number of aryl methyl sites for hydroxylation is 1. The zero-order chi connectivity index (χ0) is 17.3. The fraction of sp³-hybridized carbons (Fsp3) is 0.158. The molecule has 1 amide bonds. The third-order valence-electron chi connectivity index (χ3n) is 3.91. The van der Waals surface area contributed by atoms with Crippen LogP contribution in [-0.2, 0) is 9.53 Å². The number of carbonyl (C=O) groups excluding carboxylic acids is 2. The topological polar surface area (TPSA) is 46.6 Å². The van der Waals surface area contributed by atoms with Crippen molar-refractivity contribution in [1.29, 1.82) is 0 Å². The first-order chi connectivity index (χ1) is 11.6. The molecular weight excluding hydrogens is 322 g/mol. The quantitative estimate of drug-likeness (QED) is 0.483. The Morgan fingerprint density at radius 3 is 2.62 bits per heavy atom. The highest BCUT2D eigenvalue weighted by molar-refractivity contribution is 7.98. The van der Waals surface area contributed by atoms with Crippen molar-refractivity contribution in [1.82, 2.24) is 0 Å². The van der Waals surface area contributed by atoms with Gasteiger partial charge in [0.05, 0.1) is 18.5 Å². The van der Waals surface area contributed by atoms with E-state index in [1.165, 1.54) is 13.2 Å². The van der Waals surface area contributed by atoms with Crippen LogP contribution in [0.4, 0.5) is 5.69 Å². The highest BCUT2D eigenvalue weighted by atomic mass is 32.2. The number of ether oxygens (including phenoxy) is 1. The molecule has 4 nitrogen and oxygen atoms in total. The standard InChI is InChI=1S/C19H17NO3S/c1-12-8-9-13-14(10-12)19(22)20(16(13)11-18(21)23-2)15-6-4-5-7-17(15)24-3/h4-11H,1-3H3/b16-11+. The maximum atomic E-state index is 13.0. The molecular formula is C19H17NO3S. The molecule has 0 N–H and O–H groups in total. The zero-order valence-electron chi connectivity index (χ0n) is 13.7. The van der Waals surface area contributed by atoms with Crippen LogP contribution in [-0.4, -0.2) is 25.2 Å². The molecule has 1 aliphatic rings. The molecule has 0 spiro atoms. The molecule has 5 heteroatoms. The van der Waals surface area contributed by atoms with Crippen molar-refractivity contribution in [2.75, 3.05) is 18.3 Å². The lowest BCUT2D eigenvalue weighted by molar-refractivity contribution is -0.134. The molecule has 0 unspecified atom stereocenters. The Bertz CT molecular complexity index is 857. The molecule has 1 aliphatic heterocycles. The number of esters is 1. The summed E-state index contributed by atoms with van der Waals surface area (Å²) < 4.78 is 4.77. The predicted molar refractivity (Wildman–Crippen MR) is 96.2 cm³/mol. The Balaban J connectivity index is 2.23. The van der Waals surface area contributed by atoms with E-state index in [4.69, 9.17) is 4.74 Å². The molecule has 0 radical (unpaired) electrons. The first kappa shape index (κ1) is 16.3. The number of hydrogen-bond donors (Lipinski definition) is 0. The van der Waals surface area contributed by atoms with Crippen LogP contribution in [0.5, 0.6) is 0 Å². The maximum Gasteiger partial charge on any atom is 0.332 e. The molecule has 122 valence electrons. The van der Waals surface area contributed by atoms with Crippen LogP contribution < -0.4 is 4.90 Å². The van der Waals surface area contributed by atoms with E-state index < -0.39 is 5.97 Å². The lowest BCUT2D eigenvalue weighted by Gasteiger charge is -2.21. The molecule has 1 heterocycles. The SMILES string of the molecule is COC(=O)/C=C1\c2ccc(C)cc2C(=O)N1c1ccccc1SC. The lowest BCUT2D eigenvalue weighted by atomic mass is 10.1. The number of benzene rings is 2. The number of rotatable bonds is 3. The van der Waals surface area contributed by atoms with Crippen molar-refractivity contribution in [3.8, 4) is 0 Å². The number of methoxy groups -OCH3 is 1. The van der Waals surface area contributed by atoms with Crippen LogP contribution in [0.2, 0.25) is 0 Å². The Labute approximate surface area is 145 Å². The summed E-state index contributed by atoms with van der Waals surface area (Å²) in [4.78, 5) is 27.4. The van der Waals surface area contributed by atoms with Crippen LogP contribution in [0.15, 0.2) is 53.4 Å². The third kappa shape index (κ3) is 2.71. The number of nitrogens with zero attached hydrogens (tertiary/aromatic N) is 1. The van der Waals surface area contributed by atoms with Gasteiger partial charge in [-0.15, -0.1) is 11.8 Å². The van der Waals surface area contributed by atoms with Gasteiger partial charge in [-0.1, -0.05) is 29.8 Å². The van der Waals surface area contributed by atoms with Crippen LogP contribution in [0, 0.1) is 6.92 Å². The van der Waals surface area contributed by atoms with Gasteiger partial charge in [0, 0.05) is 22.1 Å². The largest absolute Gasteiger partial charge is 0.466 e. The minimum Gasteiger partial charge on any atom is -0.466 e. The summed E-state index contributed by atoms with van der Waals surface area (Å²) in [7, 11) is 1.33. The van der Waals surface area contributed by atoms with Crippen LogP contribution >= 0.6 is 11.8 Å². The Kier molecular flexibility index (Phi) is 4.44. The molecule has 3 rings (SSSR count). The van der Waals surface area contributed by atoms with Crippen LogP contribution in [0.25, 0.3) is 5.70 Å². The highest BCUT2D eigenvalue weighted by Gasteiger charge is 2.35. The van der Waals surface area contributed by atoms with Gasteiger partial charge in [0.1, 0.15) is 0 Å². The van der Waals surface area contributed by atoms with Gasteiger partial charge in [0.2, 0.25) is 0 Å². The van der Waals surface area contributed by atoms with E-state index in [-0.39, 0.29) is 5.91 Å². The molecule has 0 bridgehead atoms. The normalized spacial score (nSPS) is 14.9. The number of para-hydroxylation sites is 1. The summed E-state index contributed by atoms with van der Waals surface area (Å²) in [6.07, 6.45) is 3.33. The highest BCUT2D eigenvalue weighted by Crippen LogP contribution is 2.40. The second-order valence-electron chi connectivity index (χ2n) is 5.41. The molecule has 0 atom stereocenters. The van der Waals surface area contributed by atoms with E-state index in [0.29, 0.717) is 11.3 Å². The van der Waals surface area contributed by atoms with Crippen molar-refractivity contribution in [3.05, 3.63) is 65.2 Å². The van der Waals surface area contributed by atoms with Gasteiger partial charge < -0.3 is 4.74 Å². The molecule has 0 saturated heterocycles. The van der Waals surface area contributed by atoms with Gasteiger partial charge in [-0.25, -0.2) is 4.79 Å². The van der Waals surface area contributed by atoms with E-state index in [0.717, 1.165) is 21.7 Å². The van der Waals surface area contributed by atoms with E-state index in [1.807, 2.05) is 55.6 Å². The second kappa shape index (κ2) is 6.53. The predicted octanol–water partition coefficient (Wildman–Crippen LogP) is 3.89. The van der Waals surface area contributed by atoms with Gasteiger partial charge in [-0.3, -0.25) is 9.69 Å². The Morgan fingerprint density at radius 1 is 1.17 bits per heavy atom. The van der Waals surface area contributed by atoms with Crippen molar-refractivity contribution in [2.45, 2.75) is 11.8 Å². The summed E-state index contributed by atoms with van der Waals surface area (Å²) in [6.45, 7) is 1.94. The van der Waals surface area contributed by atoms with Crippen molar-refractivity contribution in [3.63, 3.8) is 0 Å². The smallest absolute Gasteiger partial charge is 0.332 e. The number of fused-ring (bicyclic) bond motifs is 1. The number of carbonyl (C=O) groups is 2. The molecule has 0 fully saturated rings. The minimum absolute atomic E-state index is 0.134. The van der Waals surface area contributed by atoms with E-state index in [1.54, 1.807) is 16.7 Å². The first-order valence-corrected chi connectivity index (χ1v) is 8.67. The van der Waals surface area contributed by atoms with Crippen LogP contribution in [0.3, 0.4) is 0 Å². The third-order valence-corrected chi connectivity index (χ3v) is 4.69. The molecule has 2 aromatic carbocycles. The zero-order valence-corrected chi connectivity index (χ0v) is 14.5. The lowest BCUT2D eigenvalue weighted by Crippen LogP contribution is -2.23. The number of hydrogen-bond acceptors (Lipinski definition) is 4. The number of anilines is 1. The fourth-order valence-corrected chi connectivity index (χ4v) is 3.36. The Hall–Kier alpha value is -2.53. The molecule has 2 aromatic rings. The van der Waals surface area contributed by atoms with E-state index in [2.05, 4.69) is 0 Å². The van der Waals surface area contributed by atoms with E-state index in [9.17, 15) is 9.59 Å². The average Bonchev–Trinajstić information content (AvgIpc) is 2.86. The van der Waals surface area contributed by atoms with Gasteiger partial charge in [-0.2, -0.15) is 0 Å². The average molecular weight is 339 g/mol. The minimum atomic E-state index is -0.488. The van der Waals surface area contributed by atoms with Crippen molar-refractivity contribution >= 4 is 35.0 Å². The van der Waals surface area contributed by atoms with E-state index >= 15 is 0 Å². The molecule has 24 heavy (non-hydrogen) atoms. The number of amides is 1. The summed E-state index contributed by atoms with van der Waals surface area (Å²) in [6, 6.07) is 13.3. The van der Waals surface area contributed by atoms with Crippen LogP contribution in [0.1, 0.15) is 21.5 Å². The molecule has 0 aromatic heterocycles. The number of thioether (sulfide) groups is 1. The van der Waals surface area contributed by atoms with Crippen molar-refractivity contribution in [2.24, 2.45) is 0 Å². The molecule has 0 saturated carbocycles. The summed E-state index contributed by atoms with van der Waals surface area (Å²) >= 11 is 1.56. The van der Waals surface area contributed by atoms with Gasteiger partial charge >= 0.3 is 5.97 Å². The maximum absolute atomic E-state index is 13.0. The second-order valence-corrected chi connectivity index (χ2v) is 6.26. The van der Waals surface area contributed by atoms with Gasteiger partial charge in [0.25, 0.3) is 5.91 Å². The Morgan fingerprint density at radius 2 is 1.92 bits per heavy atom. The summed E-state index contributed by atoms with van der Waals surface area (Å²) in [5, 5.41) is 0. The van der Waals surface area contributed by atoms with Crippen molar-refractivity contribution < 1.29 is 14.3 Å².